The second kappa shape index (κ2) is 6.35. The van der Waals surface area contributed by atoms with Crippen LogP contribution in [0.1, 0.15) is 27.2 Å². The van der Waals surface area contributed by atoms with Crippen LogP contribution in [0.15, 0.2) is 20.7 Å². The number of aromatic nitrogens is 2. The van der Waals surface area contributed by atoms with E-state index in [0.717, 1.165) is 15.3 Å². The van der Waals surface area contributed by atoms with Crippen molar-refractivity contribution in [3.05, 3.63) is 27.0 Å². The molecule has 3 N–H and O–H groups in total. The first-order valence-corrected chi connectivity index (χ1v) is 8.42. The van der Waals surface area contributed by atoms with Crippen molar-refractivity contribution < 1.29 is 8.42 Å². The van der Waals surface area contributed by atoms with Crippen molar-refractivity contribution in [2.75, 3.05) is 6.54 Å². The number of aryl methyl sites for hydroxylation is 1. The van der Waals surface area contributed by atoms with E-state index in [1.54, 1.807) is 6.92 Å². The van der Waals surface area contributed by atoms with Crippen molar-refractivity contribution in [1.29, 1.82) is 0 Å². The summed E-state index contributed by atoms with van der Waals surface area (Å²) in [6, 6.07) is 0. The SMILES string of the molecule is CC(C)CC(C)(CN)NS(=O)(=O)c1cn(C)c(=O)n(C)c1=O. The van der Waals surface area contributed by atoms with Crippen molar-refractivity contribution in [3.63, 3.8) is 0 Å². The average molecular weight is 332 g/mol. The molecule has 0 spiro atoms. The zero-order chi connectivity index (χ0) is 17.3. The molecule has 1 heterocycles. The van der Waals surface area contributed by atoms with Crippen molar-refractivity contribution in [1.82, 2.24) is 13.9 Å². The number of nitrogens with one attached hydrogen (secondary N) is 1. The van der Waals surface area contributed by atoms with Gasteiger partial charge in [0, 0.05) is 32.4 Å². The minimum Gasteiger partial charge on any atom is -0.329 e. The molecule has 1 atom stereocenters. The number of nitrogens with zero attached hydrogens (tertiary/aromatic N) is 2. The van der Waals surface area contributed by atoms with Crippen LogP contribution in [0, 0.1) is 5.92 Å². The Hall–Kier alpha value is -1.45. The van der Waals surface area contributed by atoms with Gasteiger partial charge in [-0.3, -0.25) is 9.36 Å². The fraction of sp³-hybridized carbons (Fsp3) is 0.692. The molecule has 0 amide bonds. The predicted molar refractivity (Wildman–Crippen MR) is 84.2 cm³/mol. The molecule has 0 bridgehead atoms. The Morgan fingerprint density at radius 1 is 1.32 bits per heavy atom. The number of rotatable bonds is 6. The lowest BCUT2D eigenvalue weighted by Gasteiger charge is -2.30. The highest BCUT2D eigenvalue weighted by Gasteiger charge is 2.32. The number of nitrogens with two attached hydrogens (primary N) is 1. The first-order chi connectivity index (χ1) is 9.93. The molecule has 0 aliphatic carbocycles. The van der Waals surface area contributed by atoms with E-state index in [0.29, 0.717) is 6.42 Å². The van der Waals surface area contributed by atoms with Crippen LogP contribution in [0.3, 0.4) is 0 Å². The van der Waals surface area contributed by atoms with E-state index in [4.69, 9.17) is 5.73 Å². The van der Waals surface area contributed by atoms with Crippen LogP contribution in [-0.2, 0) is 24.1 Å². The lowest BCUT2D eigenvalue weighted by atomic mass is 9.92. The Balaban J connectivity index is 3.38. The van der Waals surface area contributed by atoms with Gasteiger partial charge in [-0.25, -0.2) is 17.9 Å². The highest BCUT2D eigenvalue weighted by molar-refractivity contribution is 7.89. The van der Waals surface area contributed by atoms with Gasteiger partial charge in [-0.2, -0.15) is 0 Å². The number of hydrogen-bond donors (Lipinski definition) is 2. The van der Waals surface area contributed by atoms with Crippen molar-refractivity contribution in [2.45, 2.75) is 37.6 Å². The van der Waals surface area contributed by atoms with Crippen LogP contribution in [-0.4, -0.2) is 29.6 Å². The van der Waals surface area contributed by atoms with Gasteiger partial charge in [0.1, 0.15) is 0 Å². The van der Waals surface area contributed by atoms with Crippen molar-refractivity contribution >= 4 is 10.0 Å². The van der Waals surface area contributed by atoms with Gasteiger partial charge in [0.05, 0.1) is 0 Å². The molecule has 0 saturated heterocycles. The summed E-state index contributed by atoms with van der Waals surface area (Å²) in [6.45, 7) is 5.69. The van der Waals surface area contributed by atoms with E-state index in [-0.39, 0.29) is 12.5 Å². The third kappa shape index (κ3) is 3.84. The molecular weight excluding hydrogens is 308 g/mol. The summed E-state index contributed by atoms with van der Waals surface area (Å²) in [7, 11) is -1.47. The Bertz CT molecular complexity index is 763. The highest BCUT2D eigenvalue weighted by Crippen LogP contribution is 2.18. The largest absolute Gasteiger partial charge is 0.330 e. The third-order valence-corrected chi connectivity index (χ3v) is 5.02. The van der Waals surface area contributed by atoms with Gasteiger partial charge < -0.3 is 10.3 Å². The van der Waals surface area contributed by atoms with Gasteiger partial charge in [-0.05, 0) is 19.3 Å². The van der Waals surface area contributed by atoms with Gasteiger partial charge in [0.2, 0.25) is 10.0 Å². The minimum absolute atomic E-state index is 0.0937. The van der Waals surface area contributed by atoms with E-state index in [9.17, 15) is 18.0 Å². The van der Waals surface area contributed by atoms with Crippen LogP contribution in [0.5, 0.6) is 0 Å². The van der Waals surface area contributed by atoms with Gasteiger partial charge in [-0.15, -0.1) is 0 Å². The summed E-state index contributed by atoms with van der Waals surface area (Å²) in [6.07, 6.45) is 1.55. The first kappa shape index (κ1) is 18.6. The summed E-state index contributed by atoms with van der Waals surface area (Å²) < 4.78 is 29.4. The molecule has 1 aromatic rings. The summed E-state index contributed by atoms with van der Waals surface area (Å²) in [5, 5.41) is 0. The fourth-order valence-corrected chi connectivity index (χ4v) is 4.00. The molecule has 1 aromatic heterocycles. The van der Waals surface area contributed by atoms with Crippen LogP contribution in [0.25, 0.3) is 0 Å². The fourth-order valence-electron chi connectivity index (χ4n) is 2.41. The Morgan fingerprint density at radius 3 is 2.32 bits per heavy atom. The van der Waals surface area contributed by atoms with E-state index in [2.05, 4.69) is 4.72 Å². The van der Waals surface area contributed by atoms with Gasteiger partial charge in [-0.1, -0.05) is 13.8 Å². The molecule has 0 aromatic carbocycles. The Morgan fingerprint density at radius 2 is 1.86 bits per heavy atom. The van der Waals surface area contributed by atoms with Gasteiger partial charge >= 0.3 is 5.69 Å². The van der Waals surface area contributed by atoms with E-state index in [1.165, 1.54) is 14.1 Å². The maximum Gasteiger partial charge on any atom is 0.330 e. The van der Waals surface area contributed by atoms with Crippen LogP contribution in [0.4, 0.5) is 0 Å². The molecule has 0 aliphatic rings. The zero-order valence-electron chi connectivity index (χ0n) is 13.6. The van der Waals surface area contributed by atoms with Gasteiger partial charge in [0.25, 0.3) is 5.56 Å². The summed E-state index contributed by atoms with van der Waals surface area (Å²) in [5.41, 5.74) is 3.38. The van der Waals surface area contributed by atoms with E-state index < -0.39 is 31.7 Å². The highest BCUT2D eigenvalue weighted by atomic mass is 32.2. The average Bonchev–Trinajstić information content (AvgIpc) is 2.38. The minimum atomic E-state index is -4.09. The van der Waals surface area contributed by atoms with Gasteiger partial charge in [0.15, 0.2) is 4.90 Å². The third-order valence-electron chi connectivity index (χ3n) is 3.39. The lowest BCUT2D eigenvalue weighted by molar-refractivity contribution is 0.344. The molecule has 1 unspecified atom stereocenters. The monoisotopic (exact) mass is 332 g/mol. The zero-order valence-corrected chi connectivity index (χ0v) is 14.4. The summed E-state index contributed by atoms with van der Waals surface area (Å²) in [4.78, 5) is 23.3. The number of sulfonamides is 1. The normalized spacial score (nSPS) is 15.0. The molecule has 0 aliphatic heterocycles. The topological polar surface area (TPSA) is 116 Å². The van der Waals surface area contributed by atoms with Crippen molar-refractivity contribution in [3.8, 4) is 0 Å². The lowest BCUT2D eigenvalue weighted by Crippen LogP contribution is -2.53. The van der Waals surface area contributed by atoms with Crippen LogP contribution >= 0.6 is 0 Å². The Labute approximate surface area is 130 Å². The second-order valence-electron chi connectivity index (χ2n) is 6.22. The summed E-state index contributed by atoms with van der Waals surface area (Å²) in [5.74, 6) is 0.221. The smallest absolute Gasteiger partial charge is 0.329 e. The van der Waals surface area contributed by atoms with Crippen LogP contribution < -0.4 is 21.7 Å². The molecule has 1 rings (SSSR count). The molecule has 9 heteroatoms. The second-order valence-corrected chi connectivity index (χ2v) is 7.87. The molecule has 0 saturated carbocycles. The maximum atomic E-state index is 12.5. The maximum absolute atomic E-state index is 12.5. The molecular formula is C13H24N4O4S. The quantitative estimate of drug-likeness (QED) is 0.702. The summed E-state index contributed by atoms with van der Waals surface area (Å²) >= 11 is 0. The van der Waals surface area contributed by atoms with E-state index >= 15 is 0 Å². The van der Waals surface area contributed by atoms with Crippen molar-refractivity contribution in [2.24, 2.45) is 25.7 Å². The standard InChI is InChI=1S/C13H24N4O4S/c1-9(2)6-13(3,8-14)15-22(20,21)10-7-16(4)12(19)17(5)11(10)18/h7,9,15H,6,8,14H2,1-5H3. The molecule has 126 valence electrons. The predicted octanol–water partition coefficient (Wildman–Crippen LogP) is -0.874. The molecule has 8 nitrogen and oxygen atoms in total. The molecule has 22 heavy (non-hydrogen) atoms. The Kier molecular flexibility index (Phi) is 5.37. The van der Waals surface area contributed by atoms with E-state index in [1.807, 2.05) is 13.8 Å². The first-order valence-electron chi connectivity index (χ1n) is 6.94. The van der Waals surface area contributed by atoms with Crippen LogP contribution in [0.2, 0.25) is 0 Å². The number of hydrogen-bond acceptors (Lipinski definition) is 5. The molecule has 0 radical (unpaired) electrons. The molecule has 0 fully saturated rings.